The molecule has 3 aromatic rings. The Kier molecular flexibility index (Phi) is 4.97. The highest BCUT2D eigenvalue weighted by molar-refractivity contribution is 6.34. The third kappa shape index (κ3) is 3.41. The number of hydrogen-bond acceptors (Lipinski definition) is 5. The number of hydrogen-bond donors (Lipinski definition) is 0. The number of nitrogens with zero attached hydrogens (tertiary/aromatic N) is 6. The summed E-state index contributed by atoms with van der Waals surface area (Å²) in [5, 5.41) is 7.65. The lowest BCUT2D eigenvalue weighted by Crippen LogP contribution is -2.40. The van der Waals surface area contributed by atoms with Crippen LogP contribution < -0.4 is 0 Å². The van der Waals surface area contributed by atoms with Crippen LogP contribution in [0.3, 0.4) is 0 Å². The number of pyridine rings is 2. The fraction of sp³-hybridized carbons (Fsp3) is 0.316. The monoisotopic (exact) mass is 436 g/mol. The Morgan fingerprint density at radius 3 is 2.67 bits per heavy atom. The summed E-state index contributed by atoms with van der Waals surface area (Å²) in [4.78, 5) is 22.5. The molecule has 4 heterocycles. The zero-order chi connectivity index (χ0) is 21.6. The van der Waals surface area contributed by atoms with Crippen molar-refractivity contribution in [2.75, 3.05) is 6.54 Å². The second-order valence-electron chi connectivity index (χ2n) is 6.97. The molecule has 0 fully saturated rings. The summed E-state index contributed by atoms with van der Waals surface area (Å²) in [6.07, 6.45) is -1.67. The predicted molar refractivity (Wildman–Crippen MR) is 101 cm³/mol. The molecule has 1 amide bonds. The molecule has 156 valence electrons. The Morgan fingerprint density at radius 1 is 1.23 bits per heavy atom. The number of aryl methyl sites for hydroxylation is 1. The third-order valence-electron chi connectivity index (χ3n) is 5.02. The number of alkyl halides is 3. The van der Waals surface area contributed by atoms with Gasteiger partial charge in [-0.1, -0.05) is 16.8 Å². The van der Waals surface area contributed by atoms with Crippen LogP contribution in [0.25, 0.3) is 5.82 Å². The maximum absolute atomic E-state index is 13.1. The van der Waals surface area contributed by atoms with Crippen LogP contribution in [0.2, 0.25) is 5.02 Å². The first-order valence-corrected chi connectivity index (χ1v) is 9.46. The molecule has 3 aromatic heterocycles. The highest BCUT2D eigenvalue weighted by Crippen LogP contribution is 2.37. The Bertz CT molecular complexity index is 1130. The second kappa shape index (κ2) is 7.35. The van der Waals surface area contributed by atoms with E-state index in [9.17, 15) is 18.0 Å². The highest BCUT2D eigenvalue weighted by atomic mass is 35.5. The standard InChI is InChI=1S/C19H16ClF3N6O/c1-10-3-6-24-14(9-10)29-13-5-8-28(11(2)16(13)26-27-29)18(30)17-15(20)12(4-7-25-17)19(21,22)23/h3-4,6-7,9,11H,5,8H2,1-2H3. The maximum Gasteiger partial charge on any atom is 0.417 e. The summed E-state index contributed by atoms with van der Waals surface area (Å²) in [5.74, 6) is -0.0780. The molecule has 0 saturated heterocycles. The topological polar surface area (TPSA) is 76.8 Å². The van der Waals surface area contributed by atoms with Gasteiger partial charge in [0.25, 0.3) is 5.91 Å². The molecule has 1 aliphatic rings. The molecule has 1 atom stereocenters. The van der Waals surface area contributed by atoms with Crippen LogP contribution in [0.5, 0.6) is 0 Å². The van der Waals surface area contributed by atoms with E-state index in [1.807, 2.05) is 19.1 Å². The molecule has 1 unspecified atom stereocenters. The lowest BCUT2D eigenvalue weighted by Gasteiger charge is -2.32. The summed E-state index contributed by atoms with van der Waals surface area (Å²) >= 11 is 5.88. The van der Waals surface area contributed by atoms with Crippen molar-refractivity contribution in [1.29, 1.82) is 0 Å². The first-order chi connectivity index (χ1) is 14.2. The fourth-order valence-corrected chi connectivity index (χ4v) is 3.78. The van der Waals surface area contributed by atoms with Crippen molar-refractivity contribution in [3.8, 4) is 5.82 Å². The number of amides is 1. The van der Waals surface area contributed by atoms with E-state index in [0.717, 1.165) is 23.5 Å². The first-order valence-electron chi connectivity index (χ1n) is 9.08. The van der Waals surface area contributed by atoms with Gasteiger partial charge in [0.15, 0.2) is 5.82 Å². The minimum Gasteiger partial charge on any atom is -0.328 e. The van der Waals surface area contributed by atoms with E-state index in [0.29, 0.717) is 17.9 Å². The average molecular weight is 437 g/mol. The Labute approximate surface area is 174 Å². The summed E-state index contributed by atoms with van der Waals surface area (Å²) in [7, 11) is 0. The molecule has 0 bridgehead atoms. The zero-order valence-electron chi connectivity index (χ0n) is 16.0. The van der Waals surface area contributed by atoms with E-state index in [1.54, 1.807) is 17.8 Å². The van der Waals surface area contributed by atoms with Gasteiger partial charge in [0, 0.05) is 25.4 Å². The van der Waals surface area contributed by atoms with Crippen molar-refractivity contribution in [1.82, 2.24) is 29.9 Å². The average Bonchev–Trinajstić information content (AvgIpc) is 3.12. The van der Waals surface area contributed by atoms with Gasteiger partial charge in [0.05, 0.1) is 22.3 Å². The molecule has 0 N–H and O–H groups in total. The van der Waals surface area contributed by atoms with E-state index in [-0.39, 0.29) is 6.54 Å². The summed E-state index contributed by atoms with van der Waals surface area (Å²) in [6.45, 7) is 3.92. The number of fused-ring (bicyclic) bond motifs is 1. The molecule has 0 aromatic carbocycles. The largest absolute Gasteiger partial charge is 0.417 e. The fourth-order valence-electron chi connectivity index (χ4n) is 3.48. The SMILES string of the molecule is Cc1ccnc(-n2nnc3c2CCN(C(=O)c2nccc(C(F)(F)F)c2Cl)C3C)c1. The molecular weight excluding hydrogens is 421 g/mol. The molecule has 7 nitrogen and oxygen atoms in total. The van der Waals surface area contributed by atoms with Crippen molar-refractivity contribution < 1.29 is 18.0 Å². The van der Waals surface area contributed by atoms with Gasteiger partial charge in [0.1, 0.15) is 11.4 Å². The van der Waals surface area contributed by atoms with E-state index in [1.165, 1.54) is 4.90 Å². The van der Waals surface area contributed by atoms with Crippen molar-refractivity contribution in [3.63, 3.8) is 0 Å². The van der Waals surface area contributed by atoms with Crippen LogP contribution in [0.4, 0.5) is 13.2 Å². The summed E-state index contributed by atoms with van der Waals surface area (Å²) in [6, 6.07) is 3.95. The van der Waals surface area contributed by atoms with Gasteiger partial charge in [-0.15, -0.1) is 5.10 Å². The lowest BCUT2D eigenvalue weighted by atomic mass is 10.0. The van der Waals surface area contributed by atoms with Crippen LogP contribution in [0, 0.1) is 6.92 Å². The molecule has 1 aliphatic heterocycles. The number of carbonyl (C=O) groups is 1. The van der Waals surface area contributed by atoms with Crippen LogP contribution in [0.15, 0.2) is 30.6 Å². The molecule has 0 spiro atoms. The van der Waals surface area contributed by atoms with E-state index >= 15 is 0 Å². The minimum atomic E-state index is -4.68. The Balaban J connectivity index is 1.67. The van der Waals surface area contributed by atoms with Gasteiger partial charge < -0.3 is 4.90 Å². The Morgan fingerprint density at radius 2 is 1.97 bits per heavy atom. The minimum absolute atomic E-state index is 0.250. The predicted octanol–water partition coefficient (Wildman–Crippen LogP) is 3.80. The molecular formula is C19H16ClF3N6O. The van der Waals surface area contributed by atoms with E-state index in [2.05, 4.69) is 20.3 Å². The van der Waals surface area contributed by atoms with Gasteiger partial charge >= 0.3 is 6.18 Å². The second-order valence-corrected chi connectivity index (χ2v) is 7.35. The number of halogens is 4. The Hall–Kier alpha value is -3.01. The normalized spacial score (nSPS) is 16.5. The van der Waals surface area contributed by atoms with Gasteiger partial charge in [-0.3, -0.25) is 4.79 Å². The van der Waals surface area contributed by atoms with E-state index in [4.69, 9.17) is 11.6 Å². The van der Waals surface area contributed by atoms with Crippen LogP contribution in [-0.4, -0.2) is 42.3 Å². The van der Waals surface area contributed by atoms with Crippen LogP contribution in [0.1, 0.15) is 46.0 Å². The molecule has 30 heavy (non-hydrogen) atoms. The maximum atomic E-state index is 13.1. The lowest BCUT2D eigenvalue weighted by molar-refractivity contribution is -0.137. The third-order valence-corrected chi connectivity index (χ3v) is 5.40. The van der Waals surface area contributed by atoms with E-state index < -0.39 is 34.4 Å². The summed E-state index contributed by atoms with van der Waals surface area (Å²) < 4.78 is 41.0. The van der Waals surface area contributed by atoms with Crippen molar-refractivity contribution >= 4 is 17.5 Å². The van der Waals surface area contributed by atoms with Gasteiger partial charge in [-0.2, -0.15) is 17.9 Å². The number of aromatic nitrogens is 5. The van der Waals surface area contributed by atoms with Crippen LogP contribution >= 0.6 is 11.6 Å². The first kappa shape index (κ1) is 20.3. The quantitative estimate of drug-likeness (QED) is 0.610. The number of rotatable bonds is 2. The molecule has 11 heteroatoms. The molecule has 0 saturated carbocycles. The summed E-state index contributed by atoms with van der Waals surface area (Å²) in [5.41, 5.74) is 0.836. The number of carbonyl (C=O) groups excluding carboxylic acids is 1. The molecule has 0 aliphatic carbocycles. The van der Waals surface area contributed by atoms with Crippen LogP contribution in [-0.2, 0) is 12.6 Å². The van der Waals surface area contributed by atoms with Gasteiger partial charge in [0.2, 0.25) is 0 Å². The van der Waals surface area contributed by atoms with Crippen molar-refractivity contribution in [2.24, 2.45) is 0 Å². The highest BCUT2D eigenvalue weighted by Gasteiger charge is 2.38. The molecule has 0 radical (unpaired) electrons. The van der Waals surface area contributed by atoms with Crippen molar-refractivity contribution in [3.05, 3.63) is 63.8 Å². The van der Waals surface area contributed by atoms with Gasteiger partial charge in [-0.25, -0.2) is 9.97 Å². The smallest absolute Gasteiger partial charge is 0.328 e. The van der Waals surface area contributed by atoms with Gasteiger partial charge in [-0.05, 0) is 37.6 Å². The zero-order valence-corrected chi connectivity index (χ0v) is 16.7. The van der Waals surface area contributed by atoms with Crippen molar-refractivity contribution in [2.45, 2.75) is 32.5 Å². The molecule has 4 rings (SSSR count).